The number of urea groups is 1. The van der Waals surface area contributed by atoms with E-state index in [2.05, 4.69) is 24.1 Å². The lowest BCUT2D eigenvalue weighted by atomic mass is 9.95. The zero-order valence-electron chi connectivity index (χ0n) is 10.7. The van der Waals surface area contributed by atoms with Crippen molar-refractivity contribution in [3.05, 3.63) is 23.5 Å². The average Bonchev–Trinajstić information content (AvgIpc) is 2.35. The number of piperidine rings is 1. The number of carbonyl (C=O) groups excluding carboxylic acids is 1. The minimum Gasteiger partial charge on any atom is -0.322 e. The van der Waals surface area contributed by atoms with Crippen molar-refractivity contribution in [1.29, 1.82) is 0 Å². The van der Waals surface area contributed by atoms with Crippen molar-refractivity contribution < 1.29 is 4.79 Å². The molecule has 1 N–H and O–H groups in total. The molecule has 2 atom stereocenters. The molecule has 0 bridgehead atoms. The first-order valence-electron chi connectivity index (χ1n) is 6.25. The molecule has 2 heterocycles. The molecule has 4 nitrogen and oxygen atoms in total. The Kier molecular flexibility index (Phi) is 4.07. The first-order chi connectivity index (χ1) is 8.56. The molecular formula is C13H18ClN3O. The van der Waals surface area contributed by atoms with Crippen molar-refractivity contribution in [2.45, 2.75) is 32.7 Å². The van der Waals surface area contributed by atoms with Gasteiger partial charge in [-0.1, -0.05) is 18.5 Å². The summed E-state index contributed by atoms with van der Waals surface area (Å²) in [6, 6.07) is 3.66. The van der Waals surface area contributed by atoms with E-state index in [-0.39, 0.29) is 6.03 Å². The van der Waals surface area contributed by atoms with E-state index in [9.17, 15) is 4.79 Å². The number of nitrogens with one attached hydrogen (secondary N) is 1. The molecule has 0 saturated carbocycles. The van der Waals surface area contributed by atoms with E-state index in [1.54, 1.807) is 18.3 Å². The largest absolute Gasteiger partial charge is 0.322 e. The van der Waals surface area contributed by atoms with Crippen LogP contribution in [0.2, 0.25) is 5.15 Å². The smallest absolute Gasteiger partial charge is 0.322 e. The number of likely N-dealkylation sites (tertiary alicyclic amines) is 1. The molecule has 1 aliphatic heterocycles. The van der Waals surface area contributed by atoms with Crippen LogP contribution in [-0.2, 0) is 0 Å². The molecule has 1 aliphatic rings. The number of rotatable bonds is 1. The number of amides is 2. The van der Waals surface area contributed by atoms with E-state index < -0.39 is 0 Å². The van der Waals surface area contributed by atoms with Crippen LogP contribution in [0, 0.1) is 5.92 Å². The fraction of sp³-hybridized carbons (Fsp3) is 0.538. The van der Waals surface area contributed by atoms with E-state index in [1.165, 1.54) is 6.42 Å². The van der Waals surface area contributed by atoms with Crippen molar-refractivity contribution in [2.24, 2.45) is 5.92 Å². The Bertz CT molecular complexity index is 421. The molecule has 0 aliphatic carbocycles. The highest BCUT2D eigenvalue weighted by Gasteiger charge is 2.26. The lowest BCUT2D eigenvalue weighted by molar-refractivity contribution is 0.147. The van der Waals surface area contributed by atoms with Crippen molar-refractivity contribution in [1.82, 2.24) is 9.88 Å². The Hall–Kier alpha value is -1.29. The third kappa shape index (κ3) is 3.13. The maximum Gasteiger partial charge on any atom is 0.322 e. The van der Waals surface area contributed by atoms with E-state index in [0.717, 1.165) is 13.0 Å². The molecule has 5 heteroatoms. The summed E-state index contributed by atoms with van der Waals surface area (Å²) in [7, 11) is 0. The van der Waals surface area contributed by atoms with Gasteiger partial charge in [-0.05, 0) is 37.8 Å². The van der Waals surface area contributed by atoms with Gasteiger partial charge in [0.15, 0.2) is 0 Å². The Morgan fingerprint density at radius 2 is 2.22 bits per heavy atom. The maximum atomic E-state index is 12.2. The third-order valence-corrected chi connectivity index (χ3v) is 3.58. The summed E-state index contributed by atoms with van der Waals surface area (Å²) in [6.45, 7) is 5.08. The van der Waals surface area contributed by atoms with Gasteiger partial charge in [0.2, 0.25) is 0 Å². The van der Waals surface area contributed by atoms with Crippen LogP contribution < -0.4 is 5.32 Å². The molecule has 0 radical (unpaired) electrons. The fourth-order valence-corrected chi connectivity index (χ4v) is 2.33. The van der Waals surface area contributed by atoms with Gasteiger partial charge in [0.05, 0.1) is 11.9 Å². The second-order valence-corrected chi connectivity index (χ2v) is 5.37. The predicted molar refractivity (Wildman–Crippen MR) is 72.8 cm³/mol. The van der Waals surface area contributed by atoms with Crippen LogP contribution in [0.25, 0.3) is 0 Å². The van der Waals surface area contributed by atoms with Crippen molar-refractivity contribution >= 4 is 23.3 Å². The number of nitrogens with zero attached hydrogens (tertiary/aromatic N) is 2. The minimum absolute atomic E-state index is 0.0572. The Labute approximate surface area is 112 Å². The number of halogens is 1. The zero-order valence-corrected chi connectivity index (χ0v) is 11.4. The fourth-order valence-electron chi connectivity index (χ4n) is 2.22. The summed E-state index contributed by atoms with van der Waals surface area (Å²) < 4.78 is 0. The summed E-state index contributed by atoms with van der Waals surface area (Å²) in [6.07, 6.45) is 3.82. The van der Waals surface area contributed by atoms with Gasteiger partial charge in [-0.3, -0.25) is 0 Å². The summed E-state index contributed by atoms with van der Waals surface area (Å²) in [5, 5.41) is 3.28. The number of pyridine rings is 1. The number of aromatic nitrogens is 1. The Balaban J connectivity index is 2.00. The van der Waals surface area contributed by atoms with Gasteiger partial charge in [0.25, 0.3) is 0 Å². The Morgan fingerprint density at radius 3 is 2.89 bits per heavy atom. The first kappa shape index (κ1) is 13.1. The molecular weight excluding hydrogens is 250 g/mol. The number of hydrogen-bond acceptors (Lipinski definition) is 2. The highest BCUT2D eigenvalue weighted by Crippen LogP contribution is 2.22. The molecule has 2 rings (SSSR count). The molecule has 1 aromatic rings. The predicted octanol–water partition coefficient (Wildman–Crippen LogP) is 3.39. The van der Waals surface area contributed by atoms with Gasteiger partial charge in [-0.15, -0.1) is 0 Å². The molecule has 1 saturated heterocycles. The summed E-state index contributed by atoms with van der Waals surface area (Å²) in [5.41, 5.74) is 0.676. The summed E-state index contributed by atoms with van der Waals surface area (Å²) in [4.78, 5) is 18.0. The average molecular weight is 268 g/mol. The molecule has 0 spiro atoms. The van der Waals surface area contributed by atoms with Gasteiger partial charge >= 0.3 is 6.03 Å². The zero-order chi connectivity index (χ0) is 13.1. The van der Waals surface area contributed by atoms with Gasteiger partial charge in [-0.2, -0.15) is 0 Å². The number of hydrogen-bond donors (Lipinski definition) is 1. The van der Waals surface area contributed by atoms with Crippen LogP contribution in [0.3, 0.4) is 0 Å². The normalized spacial score (nSPS) is 23.8. The van der Waals surface area contributed by atoms with Crippen LogP contribution in [-0.4, -0.2) is 28.5 Å². The molecule has 0 aromatic carbocycles. The van der Waals surface area contributed by atoms with Gasteiger partial charge < -0.3 is 10.2 Å². The molecule has 1 aromatic heterocycles. The summed E-state index contributed by atoms with van der Waals surface area (Å²) >= 11 is 5.70. The van der Waals surface area contributed by atoms with Crippen LogP contribution in [0.15, 0.2) is 18.3 Å². The second-order valence-electron chi connectivity index (χ2n) is 4.98. The molecule has 18 heavy (non-hydrogen) atoms. The summed E-state index contributed by atoms with van der Waals surface area (Å²) in [5.74, 6) is 0.565. The number of anilines is 1. The van der Waals surface area contributed by atoms with Crippen LogP contribution >= 0.6 is 11.6 Å². The molecule has 0 unspecified atom stereocenters. The van der Waals surface area contributed by atoms with Crippen LogP contribution in [0.1, 0.15) is 26.7 Å². The second kappa shape index (κ2) is 5.57. The standard InChI is InChI=1S/C13H18ClN3O/c1-9-3-4-10(2)17(8-9)13(18)16-11-5-6-12(14)15-7-11/h5-7,9-10H,3-4,8H2,1-2H3,(H,16,18)/t9-,10-/m1/s1. The van der Waals surface area contributed by atoms with Gasteiger partial charge in [0, 0.05) is 12.6 Å². The molecule has 1 fully saturated rings. The quantitative estimate of drug-likeness (QED) is 0.793. The van der Waals surface area contributed by atoms with Crippen molar-refractivity contribution in [2.75, 3.05) is 11.9 Å². The van der Waals surface area contributed by atoms with Crippen molar-refractivity contribution in [3.8, 4) is 0 Å². The van der Waals surface area contributed by atoms with E-state index in [4.69, 9.17) is 11.6 Å². The van der Waals surface area contributed by atoms with Gasteiger partial charge in [-0.25, -0.2) is 9.78 Å². The topological polar surface area (TPSA) is 45.2 Å². The lowest BCUT2D eigenvalue weighted by Crippen LogP contribution is -2.46. The SMILES string of the molecule is C[C@@H]1CC[C@@H](C)N(C(=O)Nc2ccc(Cl)nc2)C1. The van der Waals surface area contributed by atoms with E-state index >= 15 is 0 Å². The third-order valence-electron chi connectivity index (χ3n) is 3.36. The highest BCUT2D eigenvalue weighted by molar-refractivity contribution is 6.29. The maximum absolute atomic E-state index is 12.2. The molecule has 2 amide bonds. The van der Waals surface area contributed by atoms with E-state index in [1.807, 2.05) is 4.90 Å². The van der Waals surface area contributed by atoms with Gasteiger partial charge in [0.1, 0.15) is 5.15 Å². The van der Waals surface area contributed by atoms with E-state index in [0.29, 0.717) is 22.8 Å². The first-order valence-corrected chi connectivity index (χ1v) is 6.63. The van der Waals surface area contributed by atoms with Crippen LogP contribution in [0.4, 0.5) is 10.5 Å². The lowest BCUT2D eigenvalue weighted by Gasteiger charge is -2.36. The minimum atomic E-state index is -0.0572. The molecule has 98 valence electrons. The monoisotopic (exact) mass is 267 g/mol. The van der Waals surface area contributed by atoms with Crippen LogP contribution in [0.5, 0.6) is 0 Å². The number of carbonyl (C=O) groups is 1. The van der Waals surface area contributed by atoms with Crippen molar-refractivity contribution in [3.63, 3.8) is 0 Å². The highest BCUT2D eigenvalue weighted by atomic mass is 35.5. The Morgan fingerprint density at radius 1 is 1.44 bits per heavy atom.